The predicted molar refractivity (Wildman–Crippen MR) is 71.2 cm³/mol. The van der Waals surface area contributed by atoms with Gasteiger partial charge in [-0.2, -0.15) is 0 Å². The average molecular weight is 287 g/mol. The number of hydrogen-bond acceptors (Lipinski definition) is 4. The van der Waals surface area contributed by atoms with Gasteiger partial charge in [-0.15, -0.1) is 12.4 Å². The van der Waals surface area contributed by atoms with Gasteiger partial charge in [-0.3, -0.25) is 0 Å². The summed E-state index contributed by atoms with van der Waals surface area (Å²) in [5.74, 6) is 0.0980. The number of rotatable bonds is 8. The van der Waals surface area contributed by atoms with Crippen LogP contribution in [0, 0.1) is 0 Å². The van der Waals surface area contributed by atoms with E-state index in [-0.39, 0.29) is 24.3 Å². The van der Waals surface area contributed by atoms with E-state index >= 15 is 0 Å². The molecule has 17 heavy (non-hydrogen) atoms. The van der Waals surface area contributed by atoms with Crippen molar-refractivity contribution in [1.82, 2.24) is 10.0 Å². The smallest absolute Gasteiger partial charge is 0.214 e. The number of ether oxygens (including phenoxy) is 1. The van der Waals surface area contributed by atoms with Crippen LogP contribution < -0.4 is 10.0 Å². The second-order valence-corrected chi connectivity index (χ2v) is 5.91. The van der Waals surface area contributed by atoms with E-state index in [4.69, 9.17) is 4.74 Å². The third-order valence-corrected chi connectivity index (χ3v) is 3.93. The second kappa shape index (κ2) is 9.10. The molecule has 0 aromatic carbocycles. The molecule has 2 N–H and O–H groups in total. The molecule has 0 aromatic heterocycles. The van der Waals surface area contributed by atoms with E-state index in [0.29, 0.717) is 19.7 Å². The highest BCUT2D eigenvalue weighted by atomic mass is 35.5. The zero-order chi connectivity index (χ0) is 11.9. The minimum Gasteiger partial charge on any atom is -0.377 e. The summed E-state index contributed by atoms with van der Waals surface area (Å²) >= 11 is 0. The number of nitrogens with one attached hydrogen (secondary N) is 2. The Balaban J connectivity index is 0.00000256. The van der Waals surface area contributed by atoms with Crippen LogP contribution >= 0.6 is 12.4 Å². The molecule has 5 nitrogen and oxygen atoms in total. The monoisotopic (exact) mass is 286 g/mol. The van der Waals surface area contributed by atoms with Gasteiger partial charge >= 0.3 is 0 Å². The first-order valence-corrected chi connectivity index (χ1v) is 7.59. The molecule has 1 rings (SSSR count). The minimum atomic E-state index is -3.17. The molecule has 0 radical (unpaired) electrons. The van der Waals surface area contributed by atoms with Crippen LogP contribution in [0.3, 0.4) is 0 Å². The van der Waals surface area contributed by atoms with Crippen molar-refractivity contribution in [3.8, 4) is 0 Å². The molecular weight excluding hydrogens is 264 g/mol. The molecule has 1 saturated heterocycles. The molecule has 0 spiro atoms. The first-order valence-electron chi connectivity index (χ1n) is 5.93. The lowest BCUT2D eigenvalue weighted by atomic mass is 10.3. The van der Waals surface area contributed by atoms with Crippen LogP contribution in [0.5, 0.6) is 0 Å². The van der Waals surface area contributed by atoms with E-state index in [1.807, 2.05) is 0 Å². The summed E-state index contributed by atoms with van der Waals surface area (Å²) in [6.45, 7) is 4.83. The van der Waals surface area contributed by atoms with Crippen molar-refractivity contribution < 1.29 is 13.2 Å². The van der Waals surface area contributed by atoms with Crippen LogP contribution in [-0.4, -0.2) is 46.5 Å². The largest absolute Gasteiger partial charge is 0.377 e. The van der Waals surface area contributed by atoms with E-state index in [9.17, 15) is 8.42 Å². The number of hydrogen-bond donors (Lipinski definition) is 2. The van der Waals surface area contributed by atoms with Crippen LogP contribution in [-0.2, 0) is 14.8 Å². The Morgan fingerprint density at radius 3 is 2.65 bits per heavy atom. The molecule has 1 atom stereocenters. The summed E-state index contributed by atoms with van der Waals surface area (Å²) in [5.41, 5.74) is 0. The molecule has 1 fully saturated rings. The summed E-state index contributed by atoms with van der Waals surface area (Å²) in [5, 5.41) is 3.14. The molecule has 104 valence electrons. The summed E-state index contributed by atoms with van der Waals surface area (Å²) in [4.78, 5) is 0. The Bertz CT molecular complexity index is 279. The van der Waals surface area contributed by atoms with Gasteiger partial charge in [0.2, 0.25) is 10.0 Å². The van der Waals surface area contributed by atoms with Gasteiger partial charge < -0.3 is 10.1 Å². The highest BCUT2D eigenvalue weighted by Gasteiger charge is 2.22. The van der Waals surface area contributed by atoms with Crippen LogP contribution in [0.2, 0.25) is 0 Å². The summed E-state index contributed by atoms with van der Waals surface area (Å²) in [7, 11) is -3.17. The van der Waals surface area contributed by atoms with E-state index in [0.717, 1.165) is 25.8 Å². The van der Waals surface area contributed by atoms with E-state index in [1.165, 1.54) is 0 Å². The molecule has 0 aliphatic carbocycles. The lowest BCUT2D eigenvalue weighted by Gasteiger charge is -2.11. The molecule has 1 aliphatic rings. The minimum absolute atomic E-state index is 0. The van der Waals surface area contributed by atoms with Crippen LogP contribution in [0.15, 0.2) is 0 Å². The van der Waals surface area contributed by atoms with Crippen molar-refractivity contribution in [2.45, 2.75) is 32.3 Å². The van der Waals surface area contributed by atoms with Gasteiger partial charge in [0.1, 0.15) is 0 Å². The SMILES string of the molecule is CCCNCCNS(=O)(=O)CC1CCCO1.Cl. The maximum Gasteiger partial charge on any atom is 0.214 e. The Kier molecular flexibility index (Phi) is 9.17. The Hall–Kier alpha value is 0.120. The average Bonchev–Trinajstić information content (AvgIpc) is 2.69. The zero-order valence-corrected chi connectivity index (χ0v) is 11.9. The quantitative estimate of drug-likeness (QED) is 0.638. The van der Waals surface area contributed by atoms with Crippen LogP contribution in [0.4, 0.5) is 0 Å². The Morgan fingerprint density at radius 1 is 1.29 bits per heavy atom. The molecule has 7 heteroatoms. The van der Waals surface area contributed by atoms with E-state index < -0.39 is 10.0 Å². The fourth-order valence-corrected chi connectivity index (χ4v) is 2.96. The maximum absolute atomic E-state index is 11.6. The van der Waals surface area contributed by atoms with Gasteiger partial charge in [-0.05, 0) is 25.8 Å². The van der Waals surface area contributed by atoms with E-state index in [1.54, 1.807) is 0 Å². The third kappa shape index (κ3) is 7.94. The van der Waals surface area contributed by atoms with E-state index in [2.05, 4.69) is 17.0 Å². The molecule has 1 heterocycles. The van der Waals surface area contributed by atoms with Crippen molar-refractivity contribution in [2.75, 3.05) is 32.0 Å². The van der Waals surface area contributed by atoms with Gasteiger partial charge in [0, 0.05) is 19.7 Å². The molecule has 0 bridgehead atoms. The lowest BCUT2D eigenvalue weighted by molar-refractivity contribution is 0.127. The summed E-state index contributed by atoms with van der Waals surface area (Å²) in [6, 6.07) is 0. The second-order valence-electron chi connectivity index (χ2n) is 4.06. The van der Waals surface area contributed by atoms with Crippen LogP contribution in [0.25, 0.3) is 0 Å². The standard InChI is InChI=1S/C10H22N2O3S.ClH/c1-2-5-11-6-7-12-16(13,14)9-10-4-3-8-15-10;/h10-12H,2-9H2,1H3;1H. The highest BCUT2D eigenvalue weighted by molar-refractivity contribution is 7.89. The van der Waals surface area contributed by atoms with Gasteiger partial charge in [-0.25, -0.2) is 13.1 Å². The predicted octanol–water partition coefficient (Wildman–Crippen LogP) is 0.506. The Morgan fingerprint density at radius 2 is 2.06 bits per heavy atom. The normalized spacial score (nSPS) is 20.2. The highest BCUT2D eigenvalue weighted by Crippen LogP contribution is 2.13. The maximum atomic E-state index is 11.6. The van der Waals surface area contributed by atoms with Crippen molar-refractivity contribution in [3.05, 3.63) is 0 Å². The van der Waals surface area contributed by atoms with Crippen LogP contribution in [0.1, 0.15) is 26.2 Å². The van der Waals surface area contributed by atoms with Gasteiger partial charge in [0.05, 0.1) is 11.9 Å². The zero-order valence-electron chi connectivity index (χ0n) is 10.3. The summed E-state index contributed by atoms with van der Waals surface area (Å²) < 4.78 is 31.1. The fourth-order valence-electron chi connectivity index (χ4n) is 1.68. The molecule has 1 aliphatic heterocycles. The molecular formula is C10H23ClN2O3S. The Labute approximate surface area is 110 Å². The van der Waals surface area contributed by atoms with Gasteiger partial charge in [-0.1, -0.05) is 6.92 Å². The van der Waals surface area contributed by atoms with Crippen molar-refractivity contribution in [1.29, 1.82) is 0 Å². The molecule has 1 unspecified atom stereocenters. The third-order valence-electron chi connectivity index (χ3n) is 2.48. The summed E-state index contributed by atoms with van der Waals surface area (Å²) in [6.07, 6.45) is 2.77. The topological polar surface area (TPSA) is 67.4 Å². The molecule has 0 amide bonds. The molecule has 0 aromatic rings. The fraction of sp³-hybridized carbons (Fsp3) is 1.00. The number of sulfonamides is 1. The first kappa shape index (κ1) is 17.1. The molecule has 0 saturated carbocycles. The van der Waals surface area contributed by atoms with Crippen molar-refractivity contribution in [3.63, 3.8) is 0 Å². The number of halogens is 1. The first-order chi connectivity index (χ1) is 7.64. The van der Waals surface area contributed by atoms with Crippen molar-refractivity contribution in [2.24, 2.45) is 0 Å². The van der Waals surface area contributed by atoms with Crippen molar-refractivity contribution >= 4 is 22.4 Å². The van der Waals surface area contributed by atoms with Gasteiger partial charge in [0.15, 0.2) is 0 Å². The van der Waals surface area contributed by atoms with Gasteiger partial charge in [0.25, 0.3) is 0 Å². The lowest BCUT2D eigenvalue weighted by Crippen LogP contribution is -2.36.